The van der Waals surface area contributed by atoms with E-state index >= 15 is 0 Å². The van der Waals surface area contributed by atoms with Crippen LogP contribution >= 0.6 is 0 Å². The molecular formula is C14H20N4. The smallest absolute Gasteiger partial charge is 0.128 e. The third-order valence-electron chi connectivity index (χ3n) is 3.69. The van der Waals surface area contributed by atoms with Gasteiger partial charge in [-0.1, -0.05) is 13.8 Å². The first-order chi connectivity index (χ1) is 8.78. The van der Waals surface area contributed by atoms with Gasteiger partial charge in [0.25, 0.3) is 0 Å². The van der Waals surface area contributed by atoms with Crippen molar-refractivity contribution in [1.29, 1.82) is 5.26 Å². The molecule has 0 amide bonds. The zero-order valence-electron chi connectivity index (χ0n) is 11.1. The van der Waals surface area contributed by atoms with Gasteiger partial charge in [-0.15, -0.1) is 0 Å². The monoisotopic (exact) mass is 244 g/mol. The first-order valence-corrected chi connectivity index (χ1v) is 6.63. The largest absolute Gasteiger partial charge is 0.355 e. The lowest BCUT2D eigenvalue weighted by Crippen LogP contribution is -2.37. The fourth-order valence-corrected chi connectivity index (χ4v) is 2.63. The summed E-state index contributed by atoms with van der Waals surface area (Å²) in [6.07, 6.45) is 2.85. The van der Waals surface area contributed by atoms with Gasteiger partial charge < -0.3 is 4.90 Å². The van der Waals surface area contributed by atoms with Crippen LogP contribution in [0.15, 0.2) is 18.3 Å². The highest BCUT2D eigenvalue weighted by Gasteiger charge is 2.26. The van der Waals surface area contributed by atoms with Crippen molar-refractivity contribution in [3.05, 3.63) is 23.9 Å². The number of hydrogen-bond acceptors (Lipinski definition) is 4. The molecule has 1 aromatic heterocycles. The van der Waals surface area contributed by atoms with Crippen LogP contribution in [-0.4, -0.2) is 42.1 Å². The Morgan fingerprint density at radius 2 is 2.22 bits per heavy atom. The molecular weight excluding hydrogens is 224 g/mol. The normalized spacial score (nSPS) is 19.2. The molecule has 0 N–H and O–H groups in total. The second kappa shape index (κ2) is 5.83. The van der Waals surface area contributed by atoms with E-state index in [1.54, 1.807) is 6.20 Å². The van der Waals surface area contributed by atoms with E-state index < -0.39 is 0 Å². The maximum atomic E-state index is 8.76. The van der Waals surface area contributed by atoms with Crippen molar-refractivity contribution >= 4 is 5.82 Å². The number of aromatic nitrogens is 1. The molecule has 96 valence electrons. The molecule has 1 aromatic rings. The summed E-state index contributed by atoms with van der Waals surface area (Å²) >= 11 is 0. The molecule has 0 aliphatic carbocycles. The molecule has 4 heteroatoms. The van der Waals surface area contributed by atoms with Crippen LogP contribution in [0.3, 0.4) is 0 Å². The van der Waals surface area contributed by atoms with Crippen LogP contribution in [0, 0.1) is 11.3 Å². The molecule has 4 nitrogen and oxygen atoms in total. The molecule has 1 fully saturated rings. The summed E-state index contributed by atoms with van der Waals surface area (Å²) in [5.41, 5.74) is 0.623. The van der Waals surface area contributed by atoms with Gasteiger partial charge >= 0.3 is 0 Å². The van der Waals surface area contributed by atoms with E-state index in [4.69, 9.17) is 5.26 Å². The summed E-state index contributed by atoms with van der Waals surface area (Å²) in [6.45, 7) is 8.74. The van der Waals surface area contributed by atoms with Crippen molar-refractivity contribution in [2.75, 3.05) is 31.1 Å². The third-order valence-corrected chi connectivity index (χ3v) is 3.69. The van der Waals surface area contributed by atoms with Crippen LogP contribution in [0.1, 0.15) is 25.8 Å². The Hall–Kier alpha value is -1.60. The highest BCUT2D eigenvalue weighted by molar-refractivity contribution is 5.43. The van der Waals surface area contributed by atoms with Gasteiger partial charge in [0.1, 0.15) is 11.9 Å². The van der Waals surface area contributed by atoms with Crippen molar-refractivity contribution in [3.8, 4) is 6.07 Å². The van der Waals surface area contributed by atoms with Crippen LogP contribution in [-0.2, 0) is 0 Å². The molecule has 1 aliphatic heterocycles. The zero-order valence-corrected chi connectivity index (χ0v) is 11.1. The Labute approximate surface area is 109 Å². The van der Waals surface area contributed by atoms with Crippen LogP contribution in [0.4, 0.5) is 5.82 Å². The minimum Gasteiger partial charge on any atom is -0.355 e. The van der Waals surface area contributed by atoms with E-state index in [0.717, 1.165) is 32.0 Å². The lowest BCUT2D eigenvalue weighted by molar-refractivity contribution is 0.232. The number of anilines is 1. The van der Waals surface area contributed by atoms with Gasteiger partial charge in [-0.2, -0.15) is 5.26 Å². The summed E-state index contributed by atoms with van der Waals surface area (Å²) < 4.78 is 0. The zero-order chi connectivity index (χ0) is 13.0. The fraction of sp³-hybridized carbons (Fsp3) is 0.571. The lowest BCUT2D eigenvalue weighted by atomic mass is 10.2. The molecule has 0 bridgehead atoms. The molecule has 18 heavy (non-hydrogen) atoms. The average molecular weight is 244 g/mol. The maximum absolute atomic E-state index is 8.76. The number of pyridine rings is 1. The molecule has 1 aliphatic rings. The van der Waals surface area contributed by atoms with Crippen molar-refractivity contribution in [1.82, 2.24) is 9.88 Å². The molecule has 0 saturated carbocycles. The van der Waals surface area contributed by atoms with Gasteiger partial charge in [-0.25, -0.2) is 4.98 Å². The Bertz CT molecular complexity index is 416. The number of nitriles is 1. The maximum Gasteiger partial charge on any atom is 0.128 e. The summed E-state index contributed by atoms with van der Waals surface area (Å²) in [4.78, 5) is 9.18. The minimum atomic E-state index is 0.623. The number of rotatable bonds is 4. The SMILES string of the molecule is CCN(CC)C1CCN(c2ccc(C#N)cn2)C1. The molecule has 0 aromatic carbocycles. The molecule has 1 atom stereocenters. The molecule has 2 rings (SSSR count). The van der Waals surface area contributed by atoms with Gasteiger partial charge in [0.15, 0.2) is 0 Å². The van der Waals surface area contributed by atoms with Gasteiger partial charge in [0, 0.05) is 25.3 Å². The molecule has 0 spiro atoms. The van der Waals surface area contributed by atoms with Crippen LogP contribution in [0.5, 0.6) is 0 Å². The Kier molecular flexibility index (Phi) is 4.16. The summed E-state index contributed by atoms with van der Waals surface area (Å²) in [5, 5.41) is 8.76. The van der Waals surface area contributed by atoms with Crippen LogP contribution < -0.4 is 4.90 Å². The second-order valence-electron chi connectivity index (χ2n) is 4.63. The van der Waals surface area contributed by atoms with Gasteiger partial charge in [0.2, 0.25) is 0 Å². The molecule has 1 unspecified atom stereocenters. The Morgan fingerprint density at radius 3 is 2.78 bits per heavy atom. The number of likely N-dealkylation sites (N-methyl/N-ethyl adjacent to an activating group) is 1. The van der Waals surface area contributed by atoms with Gasteiger partial charge in [-0.3, -0.25) is 4.90 Å². The van der Waals surface area contributed by atoms with E-state index in [1.807, 2.05) is 12.1 Å². The lowest BCUT2D eigenvalue weighted by Gasteiger charge is -2.26. The van der Waals surface area contributed by atoms with E-state index in [1.165, 1.54) is 6.42 Å². The average Bonchev–Trinajstić information content (AvgIpc) is 2.90. The molecule has 2 heterocycles. The van der Waals surface area contributed by atoms with E-state index in [-0.39, 0.29) is 0 Å². The van der Waals surface area contributed by atoms with E-state index in [9.17, 15) is 0 Å². The standard InChI is InChI=1S/C14H20N4/c1-3-17(4-2)13-7-8-18(11-13)14-6-5-12(9-15)10-16-14/h5-6,10,13H,3-4,7-8,11H2,1-2H3. The molecule has 0 radical (unpaired) electrons. The van der Waals surface area contributed by atoms with Crippen molar-refractivity contribution in [2.45, 2.75) is 26.3 Å². The fourth-order valence-electron chi connectivity index (χ4n) is 2.63. The Morgan fingerprint density at radius 1 is 1.44 bits per heavy atom. The summed E-state index contributed by atoms with van der Waals surface area (Å²) in [6, 6.07) is 6.53. The predicted octanol–water partition coefficient (Wildman–Crippen LogP) is 1.87. The minimum absolute atomic E-state index is 0.623. The van der Waals surface area contributed by atoms with Crippen molar-refractivity contribution in [2.24, 2.45) is 0 Å². The summed E-state index contributed by atoms with van der Waals surface area (Å²) in [5.74, 6) is 0.989. The quantitative estimate of drug-likeness (QED) is 0.811. The summed E-state index contributed by atoms with van der Waals surface area (Å²) in [7, 11) is 0. The third kappa shape index (κ3) is 2.62. The number of nitrogens with zero attached hydrogens (tertiary/aromatic N) is 4. The van der Waals surface area contributed by atoms with Crippen molar-refractivity contribution in [3.63, 3.8) is 0 Å². The van der Waals surface area contributed by atoms with E-state index in [2.05, 4.69) is 34.7 Å². The van der Waals surface area contributed by atoms with Gasteiger partial charge in [0.05, 0.1) is 5.56 Å². The van der Waals surface area contributed by atoms with E-state index in [0.29, 0.717) is 11.6 Å². The number of hydrogen-bond donors (Lipinski definition) is 0. The van der Waals surface area contributed by atoms with Gasteiger partial charge in [-0.05, 0) is 31.6 Å². The first kappa shape index (κ1) is 12.8. The van der Waals surface area contributed by atoms with Crippen LogP contribution in [0.2, 0.25) is 0 Å². The highest BCUT2D eigenvalue weighted by atomic mass is 15.3. The van der Waals surface area contributed by atoms with Crippen LogP contribution in [0.25, 0.3) is 0 Å². The Balaban J connectivity index is 2.01. The predicted molar refractivity (Wildman–Crippen MR) is 72.5 cm³/mol. The first-order valence-electron chi connectivity index (χ1n) is 6.63. The topological polar surface area (TPSA) is 43.2 Å². The highest BCUT2D eigenvalue weighted by Crippen LogP contribution is 2.21. The molecule has 1 saturated heterocycles. The van der Waals surface area contributed by atoms with Crippen molar-refractivity contribution < 1.29 is 0 Å². The second-order valence-corrected chi connectivity index (χ2v) is 4.63.